The van der Waals surface area contributed by atoms with Crippen LogP contribution in [0.25, 0.3) is 0 Å². The van der Waals surface area contributed by atoms with E-state index in [0.29, 0.717) is 5.92 Å². The highest BCUT2D eigenvalue weighted by atomic mass is 14.9. The van der Waals surface area contributed by atoms with E-state index in [0.717, 1.165) is 19.6 Å². The molecule has 2 heteroatoms. The summed E-state index contributed by atoms with van der Waals surface area (Å²) in [7, 11) is 0. The maximum absolute atomic E-state index is 5.70. The monoisotopic (exact) mass is 206 g/mol. The van der Waals surface area contributed by atoms with Crippen molar-refractivity contribution in [2.75, 3.05) is 13.1 Å². The van der Waals surface area contributed by atoms with Crippen LogP contribution in [0.3, 0.4) is 0 Å². The molecule has 0 saturated carbocycles. The minimum atomic E-state index is 0.624. The van der Waals surface area contributed by atoms with Gasteiger partial charge in [-0.15, -0.1) is 0 Å². The minimum absolute atomic E-state index is 0.624. The summed E-state index contributed by atoms with van der Waals surface area (Å²) in [5.74, 6) is 0.624. The SMILES string of the molecule is CCCC(CN)CNCc1ccccc1. The van der Waals surface area contributed by atoms with Crippen LogP contribution >= 0.6 is 0 Å². The van der Waals surface area contributed by atoms with Crippen molar-refractivity contribution in [3.8, 4) is 0 Å². The largest absolute Gasteiger partial charge is 0.330 e. The summed E-state index contributed by atoms with van der Waals surface area (Å²) in [5.41, 5.74) is 7.04. The van der Waals surface area contributed by atoms with Crippen LogP contribution in [0.5, 0.6) is 0 Å². The van der Waals surface area contributed by atoms with Gasteiger partial charge in [0.2, 0.25) is 0 Å². The molecule has 0 bridgehead atoms. The average molecular weight is 206 g/mol. The molecular formula is C13H22N2. The van der Waals surface area contributed by atoms with Crippen molar-refractivity contribution in [2.45, 2.75) is 26.3 Å². The number of nitrogens with one attached hydrogen (secondary N) is 1. The summed E-state index contributed by atoms with van der Waals surface area (Å²) in [6.45, 7) is 4.97. The van der Waals surface area contributed by atoms with Crippen LogP contribution in [0.4, 0.5) is 0 Å². The van der Waals surface area contributed by atoms with Gasteiger partial charge in [0.15, 0.2) is 0 Å². The first-order valence-corrected chi connectivity index (χ1v) is 5.81. The Bertz CT molecular complexity index is 246. The molecule has 3 N–H and O–H groups in total. The highest BCUT2D eigenvalue weighted by molar-refractivity contribution is 5.14. The van der Waals surface area contributed by atoms with E-state index in [1.165, 1.54) is 18.4 Å². The van der Waals surface area contributed by atoms with E-state index in [4.69, 9.17) is 5.73 Å². The molecule has 0 amide bonds. The van der Waals surface area contributed by atoms with Crippen LogP contribution in [-0.4, -0.2) is 13.1 Å². The summed E-state index contributed by atoms with van der Waals surface area (Å²) in [6.07, 6.45) is 2.44. The third-order valence-corrected chi connectivity index (χ3v) is 2.64. The lowest BCUT2D eigenvalue weighted by atomic mass is 10.0. The van der Waals surface area contributed by atoms with Gasteiger partial charge in [-0.25, -0.2) is 0 Å². The van der Waals surface area contributed by atoms with Gasteiger partial charge in [-0.05, 0) is 31.0 Å². The zero-order valence-corrected chi connectivity index (χ0v) is 9.58. The van der Waals surface area contributed by atoms with Gasteiger partial charge < -0.3 is 11.1 Å². The van der Waals surface area contributed by atoms with E-state index >= 15 is 0 Å². The molecule has 0 radical (unpaired) electrons. The van der Waals surface area contributed by atoms with Crippen molar-refractivity contribution in [2.24, 2.45) is 11.7 Å². The van der Waals surface area contributed by atoms with E-state index in [2.05, 4.69) is 36.5 Å². The van der Waals surface area contributed by atoms with Gasteiger partial charge >= 0.3 is 0 Å². The molecule has 0 spiro atoms. The number of hydrogen-bond donors (Lipinski definition) is 2. The van der Waals surface area contributed by atoms with Crippen LogP contribution in [0.2, 0.25) is 0 Å². The Labute approximate surface area is 92.9 Å². The molecule has 0 heterocycles. The molecule has 84 valence electrons. The van der Waals surface area contributed by atoms with Crippen molar-refractivity contribution in [1.29, 1.82) is 0 Å². The lowest BCUT2D eigenvalue weighted by Crippen LogP contribution is -2.27. The Kier molecular flexibility index (Phi) is 6.05. The molecule has 1 atom stereocenters. The highest BCUT2D eigenvalue weighted by Gasteiger charge is 2.03. The zero-order valence-electron chi connectivity index (χ0n) is 9.58. The maximum Gasteiger partial charge on any atom is 0.0205 e. The Morgan fingerprint density at radius 1 is 1.27 bits per heavy atom. The summed E-state index contributed by atoms with van der Waals surface area (Å²) in [6, 6.07) is 10.5. The highest BCUT2D eigenvalue weighted by Crippen LogP contribution is 2.03. The fraction of sp³-hybridized carbons (Fsp3) is 0.538. The molecule has 2 nitrogen and oxygen atoms in total. The first-order valence-electron chi connectivity index (χ1n) is 5.81. The van der Waals surface area contributed by atoms with E-state index in [1.54, 1.807) is 0 Å². The number of rotatable bonds is 7. The number of nitrogens with two attached hydrogens (primary N) is 1. The second-order valence-corrected chi connectivity index (χ2v) is 4.01. The van der Waals surface area contributed by atoms with Crippen LogP contribution in [-0.2, 0) is 6.54 Å². The van der Waals surface area contributed by atoms with Crippen LogP contribution in [0, 0.1) is 5.92 Å². The van der Waals surface area contributed by atoms with E-state index in [1.807, 2.05) is 6.07 Å². The van der Waals surface area contributed by atoms with Crippen molar-refractivity contribution in [3.05, 3.63) is 35.9 Å². The predicted molar refractivity (Wildman–Crippen MR) is 65.6 cm³/mol. The number of benzene rings is 1. The van der Waals surface area contributed by atoms with Gasteiger partial charge in [-0.2, -0.15) is 0 Å². The van der Waals surface area contributed by atoms with Gasteiger partial charge in [0.1, 0.15) is 0 Å². The summed E-state index contributed by atoms with van der Waals surface area (Å²) < 4.78 is 0. The van der Waals surface area contributed by atoms with E-state index < -0.39 is 0 Å². The van der Waals surface area contributed by atoms with Gasteiger partial charge in [0.25, 0.3) is 0 Å². The number of hydrogen-bond acceptors (Lipinski definition) is 2. The van der Waals surface area contributed by atoms with Gasteiger partial charge in [-0.3, -0.25) is 0 Å². The third kappa shape index (κ3) is 4.96. The van der Waals surface area contributed by atoms with Gasteiger partial charge in [0, 0.05) is 6.54 Å². The Morgan fingerprint density at radius 3 is 2.60 bits per heavy atom. The van der Waals surface area contributed by atoms with Crippen LogP contribution < -0.4 is 11.1 Å². The molecule has 1 rings (SSSR count). The fourth-order valence-corrected chi connectivity index (χ4v) is 1.73. The maximum atomic E-state index is 5.70. The van der Waals surface area contributed by atoms with Crippen molar-refractivity contribution in [3.63, 3.8) is 0 Å². The van der Waals surface area contributed by atoms with Gasteiger partial charge in [0.05, 0.1) is 0 Å². The molecule has 1 aromatic carbocycles. The minimum Gasteiger partial charge on any atom is -0.330 e. The van der Waals surface area contributed by atoms with Crippen molar-refractivity contribution < 1.29 is 0 Å². The standard InChI is InChI=1S/C13H22N2/c1-2-6-13(9-14)11-15-10-12-7-4-3-5-8-12/h3-5,7-8,13,15H,2,6,9-11,14H2,1H3. The second-order valence-electron chi connectivity index (χ2n) is 4.01. The lowest BCUT2D eigenvalue weighted by molar-refractivity contribution is 0.449. The molecular weight excluding hydrogens is 184 g/mol. The molecule has 0 aromatic heterocycles. The molecule has 0 aliphatic heterocycles. The summed E-state index contributed by atoms with van der Waals surface area (Å²) >= 11 is 0. The Hall–Kier alpha value is -0.860. The molecule has 15 heavy (non-hydrogen) atoms. The normalized spacial score (nSPS) is 12.7. The van der Waals surface area contributed by atoms with Crippen molar-refractivity contribution >= 4 is 0 Å². The van der Waals surface area contributed by atoms with E-state index in [9.17, 15) is 0 Å². The van der Waals surface area contributed by atoms with Crippen LogP contribution in [0.1, 0.15) is 25.3 Å². The van der Waals surface area contributed by atoms with Gasteiger partial charge in [-0.1, -0.05) is 43.7 Å². The third-order valence-electron chi connectivity index (χ3n) is 2.64. The molecule has 0 aliphatic rings. The lowest BCUT2D eigenvalue weighted by Gasteiger charge is -2.14. The van der Waals surface area contributed by atoms with E-state index in [-0.39, 0.29) is 0 Å². The molecule has 0 saturated heterocycles. The van der Waals surface area contributed by atoms with Crippen molar-refractivity contribution in [1.82, 2.24) is 5.32 Å². The first-order chi connectivity index (χ1) is 7.36. The Morgan fingerprint density at radius 2 is 2.00 bits per heavy atom. The smallest absolute Gasteiger partial charge is 0.0205 e. The first kappa shape index (κ1) is 12.2. The molecule has 0 aliphatic carbocycles. The quantitative estimate of drug-likeness (QED) is 0.717. The Balaban J connectivity index is 2.20. The molecule has 1 unspecified atom stereocenters. The summed E-state index contributed by atoms with van der Waals surface area (Å²) in [4.78, 5) is 0. The topological polar surface area (TPSA) is 38.0 Å². The van der Waals surface area contributed by atoms with Crippen LogP contribution in [0.15, 0.2) is 30.3 Å². The molecule has 0 fully saturated rings. The zero-order chi connectivity index (χ0) is 10.9. The predicted octanol–water partition coefficient (Wildman–Crippen LogP) is 2.15. The fourth-order valence-electron chi connectivity index (χ4n) is 1.73. The summed E-state index contributed by atoms with van der Waals surface area (Å²) in [5, 5.41) is 3.46. The molecule has 1 aromatic rings. The second kappa shape index (κ2) is 7.43. The average Bonchev–Trinajstić information content (AvgIpc) is 2.29.